The summed E-state index contributed by atoms with van der Waals surface area (Å²) in [6.07, 6.45) is 1.49. The number of aromatic nitrogens is 3. The number of nitrogens with zero attached hydrogens (tertiary/aromatic N) is 3. The molecule has 26 heavy (non-hydrogen) atoms. The summed E-state index contributed by atoms with van der Waals surface area (Å²) in [5.74, 6) is 1.35. The molecule has 2 aromatic carbocycles. The summed E-state index contributed by atoms with van der Waals surface area (Å²) in [6, 6.07) is 16.6. The van der Waals surface area contributed by atoms with Crippen LogP contribution in [0.2, 0.25) is 0 Å². The van der Waals surface area contributed by atoms with Gasteiger partial charge in [-0.1, -0.05) is 42.5 Å². The molecule has 1 N–H and O–H groups in total. The van der Waals surface area contributed by atoms with Crippen LogP contribution < -0.4 is 10.1 Å². The molecule has 4 rings (SSSR count). The van der Waals surface area contributed by atoms with Gasteiger partial charge in [0.1, 0.15) is 18.1 Å². The Morgan fingerprint density at radius 1 is 1.12 bits per heavy atom. The molecule has 1 aliphatic heterocycles. The lowest BCUT2D eigenvalue weighted by Crippen LogP contribution is -2.28. The van der Waals surface area contributed by atoms with E-state index in [4.69, 9.17) is 4.74 Å². The minimum absolute atomic E-state index is 0.0300. The van der Waals surface area contributed by atoms with Crippen LogP contribution in [0.5, 0.6) is 5.75 Å². The number of Topliss-reactive ketones (excluding diaryl/α,β-unsaturated/α-hetero) is 1. The molecule has 1 aromatic heterocycles. The van der Waals surface area contributed by atoms with Gasteiger partial charge >= 0.3 is 0 Å². The molecule has 3 aromatic rings. The molecule has 0 saturated carbocycles. The number of hydrogen-bond donors (Lipinski definition) is 1. The Hall–Kier alpha value is -3.41. The van der Waals surface area contributed by atoms with Crippen molar-refractivity contribution >= 4 is 11.7 Å². The molecule has 0 aliphatic carbocycles. The monoisotopic (exact) mass is 346 g/mol. The maximum atomic E-state index is 13.3. The van der Waals surface area contributed by atoms with Gasteiger partial charge in [-0.05, 0) is 24.6 Å². The predicted octanol–water partition coefficient (Wildman–Crippen LogP) is 3.46. The van der Waals surface area contributed by atoms with Gasteiger partial charge in [-0.2, -0.15) is 10.1 Å². The average Bonchev–Trinajstić information content (AvgIpc) is 3.15. The standard InChI is InChI=1S/C20H18N4O2/c1-13-17(19(25)15-6-4-3-5-7-15)18(24-20(23-13)21-12-22-24)14-8-10-16(26-2)11-9-14/h3-12,18H,1-2H3,(H,21,22,23)/t18-/m0/s1. The molecule has 1 aliphatic rings. The quantitative estimate of drug-likeness (QED) is 0.733. The number of allylic oxidation sites excluding steroid dienone is 2. The van der Waals surface area contributed by atoms with E-state index in [0.29, 0.717) is 17.1 Å². The van der Waals surface area contributed by atoms with Gasteiger partial charge in [0.05, 0.1) is 7.11 Å². The number of nitrogens with one attached hydrogen (secondary N) is 1. The Morgan fingerprint density at radius 2 is 1.85 bits per heavy atom. The molecule has 0 unspecified atom stereocenters. The molecule has 6 heteroatoms. The van der Waals surface area contributed by atoms with Crippen molar-refractivity contribution in [1.82, 2.24) is 14.8 Å². The lowest BCUT2D eigenvalue weighted by Gasteiger charge is -2.28. The molecule has 6 nitrogen and oxygen atoms in total. The number of ether oxygens (including phenoxy) is 1. The Bertz CT molecular complexity index is 975. The Kier molecular flexibility index (Phi) is 4.01. The summed E-state index contributed by atoms with van der Waals surface area (Å²) in [7, 11) is 1.63. The molecule has 0 spiro atoms. The normalized spacial score (nSPS) is 16.0. The number of hydrogen-bond acceptors (Lipinski definition) is 5. The summed E-state index contributed by atoms with van der Waals surface area (Å²) in [6.45, 7) is 1.89. The van der Waals surface area contributed by atoms with Gasteiger partial charge in [0, 0.05) is 16.8 Å². The van der Waals surface area contributed by atoms with E-state index in [1.165, 1.54) is 6.33 Å². The molecule has 0 fully saturated rings. The zero-order valence-corrected chi connectivity index (χ0v) is 14.5. The van der Waals surface area contributed by atoms with Crippen molar-refractivity contribution in [2.24, 2.45) is 0 Å². The van der Waals surface area contributed by atoms with Gasteiger partial charge in [0.25, 0.3) is 0 Å². The van der Waals surface area contributed by atoms with Crippen LogP contribution in [0.15, 0.2) is 72.2 Å². The molecular weight excluding hydrogens is 328 g/mol. The Morgan fingerprint density at radius 3 is 2.54 bits per heavy atom. The predicted molar refractivity (Wildman–Crippen MR) is 98.3 cm³/mol. The van der Waals surface area contributed by atoms with Crippen LogP contribution in [0.3, 0.4) is 0 Å². The van der Waals surface area contributed by atoms with E-state index in [2.05, 4.69) is 15.4 Å². The summed E-state index contributed by atoms with van der Waals surface area (Å²) in [5.41, 5.74) is 3.02. The van der Waals surface area contributed by atoms with Gasteiger partial charge in [0.2, 0.25) is 5.95 Å². The highest BCUT2D eigenvalue weighted by atomic mass is 16.5. The largest absolute Gasteiger partial charge is 0.497 e. The number of carbonyl (C=O) groups excluding carboxylic acids is 1. The highest BCUT2D eigenvalue weighted by Gasteiger charge is 2.33. The van der Waals surface area contributed by atoms with E-state index < -0.39 is 0 Å². The zero-order chi connectivity index (χ0) is 18.1. The molecule has 1 atom stereocenters. The second-order valence-electron chi connectivity index (χ2n) is 6.06. The molecule has 130 valence electrons. The average molecular weight is 346 g/mol. The Balaban J connectivity index is 1.85. The van der Waals surface area contributed by atoms with Gasteiger partial charge in [0.15, 0.2) is 5.78 Å². The smallest absolute Gasteiger partial charge is 0.226 e. The van der Waals surface area contributed by atoms with E-state index in [0.717, 1.165) is 17.0 Å². The number of anilines is 1. The topological polar surface area (TPSA) is 69.0 Å². The molecule has 0 bridgehead atoms. The van der Waals surface area contributed by atoms with Crippen LogP contribution in [0.1, 0.15) is 28.9 Å². The number of rotatable bonds is 4. The van der Waals surface area contributed by atoms with Gasteiger partial charge in [-0.15, -0.1) is 0 Å². The van der Waals surface area contributed by atoms with Crippen LogP contribution in [0.4, 0.5) is 5.95 Å². The molecule has 0 saturated heterocycles. The third-order valence-electron chi connectivity index (χ3n) is 4.51. The lowest BCUT2D eigenvalue weighted by atomic mass is 9.90. The van der Waals surface area contributed by atoms with Crippen molar-refractivity contribution in [3.05, 3.63) is 83.3 Å². The summed E-state index contributed by atoms with van der Waals surface area (Å²) in [4.78, 5) is 17.5. The molecule has 0 radical (unpaired) electrons. The maximum Gasteiger partial charge on any atom is 0.226 e. The van der Waals surface area contributed by atoms with Crippen molar-refractivity contribution in [3.63, 3.8) is 0 Å². The second kappa shape index (κ2) is 6.48. The third-order valence-corrected chi connectivity index (χ3v) is 4.51. The summed E-state index contributed by atoms with van der Waals surface area (Å²) in [5, 5.41) is 7.53. The zero-order valence-electron chi connectivity index (χ0n) is 14.5. The SMILES string of the molecule is COc1ccc([C@H]2C(C(=O)c3ccccc3)=C(C)Nc3ncnn32)cc1. The van der Waals surface area contributed by atoms with E-state index in [-0.39, 0.29) is 11.8 Å². The number of methoxy groups -OCH3 is 1. The third kappa shape index (κ3) is 2.65. The van der Waals surface area contributed by atoms with Crippen LogP contribution in [0, 0.1) is 0 Å². The van der Waals surface area contributed by atoms with Gasteiger partial charge in [-0.3, -0.25) is 4.79 Å². The van der Waals surface area contributed by atoms with Crippen molar-refractivity contribution in [1.29, 1.82) is 0 Å². The number of ketones is 1. The fourth-order valence-electron chi connectivity index (χ4n) is 3.22. The first kappa shape index (κ1) is 16.1. The second-order valence-corrected chi connectivity index (χ2v) is 6.06. The Labute approximate surface area is 151 Å². The minimum atomic E-state index is -0.354. The molecular formula is C20H18N4O2. The van der Waals surface area contributed by atoms with E-state index >= 15 is 0 Å². The summed E-state index contributed by atoms with van der Waals surface area (Å²) < 4.78 is 6.99. The van der Waals surface area contributed by atoms with Crippen LogP contribution in [-0.2, 0) is 0 Å². The highest BCUT2D eigenvalue weighted by Crippen LogP contribution is 2.36. The van der Waals surface area contributed by atoms with Crippen molar-refractivity contribution < 1.29 is 9.53 Å². The minimum Gasteiger partial charge on any atom is -0.497 e. The first-order valence-electron chi connectivity index (χ1n) is 8.30. The van der Waals surface area contributed by atoms with Crippen LogP contribution in [-0.4, -0.2) is 27.7 Å². The van der Waals surface area contributed by atoms with E-state index in [9.17, 15) is 4.79 Å². The lowest BCUT2D eigenvalue weighted by molar-refractivity contribution is 0.102. The molecule has 0 amide bonds. The van der Waals surface area contributed by atoms with E-state index in [1.807, 2.05) is 61.5 Å². The molecule has 2 heterocycles. The van der Waals surface area contributed by atoms with Gasteiger partial charge < -0.3 is 10.1 Å². The van der Waals surface area contributed by atoms with Crippen molar-refractivity contribution in [3.8, 4) is 5.75 Å². The number of fused-ring (bicyclic) bond motifs is 1. The fourth-order valence-corrected chi connectivity index (χ4v) is 3.22. The van der Waals surface area contributed by atoms with Crippen molar-refractivity contribution in [2.45, 2.75) is 13.0 Å². The van der Waals surface area contributed by atoms with Crippen molar-refractivity contribution in [2.75, 3.05) is 12.4 Å². The summed E-state index contributed by atoms with van der Waals surface area (Å²) >= 11 is 0. The number of benzene rings is 2. The highest BCUT2D eigenvalue weighted by molar-refractivity contribution is 6.10. The van der Waals surface area contributed by atoms with E-state index in [1.54, 1.807) is 11.8 Å². The maximum absolute atomic E-state index is 13.3. The van der Waals surface area contributed by atoms with Gasteiger partial charge in [-0.25, -0.2) is 4.68 Å². The van der Waals surface area contributed by atoms with Crippen LogP contribution >= 0.6 is 0 Å². The number of carbonyl (C=O) groups is 1. The first-order valence-corrected chi connectivity index (χ1v) is 8.30. The van der Waals surface area contributed by atoms with Crippen LogP contribution in [0.25, 0.3) is 0 Å². The first-order chi connectivity index (χ1) is 12.7. The fraction of sp³-hybridized carbons (Fsp3) is 0.150.